The number of rotatable bonds is 1. The highest BCUT2D eigenvalue weighted by Crippen LogP contribution is 2.25. The van der Waals surface area contributed by atoms with Gasteiger partial charge in [0.1, 0.15) is 12.0 Å². The van der Waals surface area contributed by atoms with Gasteiger partial charge in [-0.3, -0.25) is 5.32 Å². The molecule has 0 saturated carbocycles. The fourth-order valence-electron chi connectivity index (χ4n) is 1.55. The number of hydrogen-bond donors (Lipinski definition) is 1. The molecule has 1 fully saturated rings. The molecule has 76 valence electrons. The van der Waals surface area contributed by atoms with E-state index < -0.39 is 0 Å². The molecule has 1 heterocycles. The zero-order valence-corrected chi connectivity index (χ0v) is 8.38. The highest BCUT2D eigenvalue weighted by molar-refractivity contribution is 5.19. The van der Waals surface area contributed by atoms with E-state index in [0.717, 1.165) is 5.56 Å². The van der Waals surface area contributed by atoms with Crippen LogP contribution in [-0.4, -0.2) is 12.1 Å². The fraction of sp³-hybridized carbons (Fsp3) is 0.455. The van der Waals surface area contributed by atoms with Gasteiger partial charge in [0.15, 0.2) is 0 Å². The molecule has 2 rings (SSSR count). The Morgan fingerprint density at radius 2 is 2.00 bits per heavy atom. The van der Waals surface area contributed by atoms with E-state index in [9.17, 15) is 4.39 Å². The third-order valence-corrected chi connectivity index (χ3v) is 2.31. The first-order valence-corrected chi connectivity index (χ1v) is 4.72. The molecule has 1 atom stereocenters. The SMILES string of the molecule is CC1(C)COC(c2ccc(F)cc2)N1. The number of hydrogen-bond acceptors (Lipinski definition) is 2. The Morgan fingerprint density at radius 1 is 1.36 bits per heavy atom. The summed E-state index contributed by atoms with van der Waals surface area (Å²) < 4.78 is 18.2. The Hall–Kier alpha value is -0.930. The van der Waals surface area contributed by atoms with Gasteiger partial charge < -0.3 is 4.74 Å². The molecule has 1 aliphatic heterocycles. The number of benzene rings is 1. The van der Waals surface area contributed by atoms with Crippen LogP contribution in [0.1, 0.15) is 25.6 Å². The zero-order chi connectivity index (χ0) is 10.2. The van der Waals surface area contributed by atoms with Gasteiger partial charge in [-0.15, -0.1) is 0 Å². The molecule has 3 heteroatoms. The minimum atomic E-state index is -0.217. The third kappa shape index (κ3) is 1.94. The average molecular weight is 195 g/mol. The Bertz CT molecular complexity index is 321. The molecule has 0 aromatic heterocycles. The molecule has 1 aromatic rings. The molecule has 0 aliphatic carbocycles. The van der Waals surface area contributed by atoms with Crippen LogP contribution in [0.25, 0.3) is 0 Å². The van der Waals surface area contributed by atoms with E-state index in [2.05, 4.69) is 19.2 Å². The molecule has 0 amide bonds. The molecule has 0 radical (unpaired) electrons. The van der Waals surface area contributed by atoms with E-state index in [1.807, 2.05) is 0 Å². The maximum atomic E-state index is 12.7. The number of halogens is 1. The molecule has 0 spiro atoms. The summed E-state index contributed by atoms with van der Waals surface area (Å²) in [7, 11) is 0. The summed E-state index contributed by atoms with van der Waals surface area (Å²) in [4.78, 5) is 0. The smallest absolute Gasteiger partial charge is 0.134 e. The van der Waals surface area contributed by atoms with Gasteiger partial charge in [-0.1, -0.05) is 12.1 Å². The second kappa shape index (κ2) is 3.33. The molecular weight excluding hydrogens is 181 g/mol. The monoisotopic (exact) mass is 195 g/mol. The zero-order valence-electron chi connectivity index (χ0n) is 8.38. The molecule has 2 nitrogen and oxygen atoms in total. The Morgan fingerprint density at radius 3 is 2.50 bits per heavy atom. The van der Waals surface area contributed by atoms with Gasteiger partial charge in [0.2, 0.25) is 0 Å². The normalized spacial score (nSPS) is 25.2. The predicted octanol–water partition coefficient (Wildman–Crippen LogP) is 2.22. The van der Waals surface area contributed by atoms with Crippen molar-refractivity contribution < 1.29 is 9.13 Å². The van der Waals surface area contributed by atoms with E-state index in [-0.39, 0.29) is 17.6 Å². The van der Waals surface area contributed by atoms with Crippen molar-refractivity contribution in [2.24, 2.45) is 0 Å². The first-order chi connectivity index (χ1) is 6.57. The van der Waals surface area contributed by atoms with Crippen molar-refractivity contribution >= 4 is 0 Å². The second-order valence-electron chi connectivity index (χ2n) is 4.27. The van der Waals surface area contributed by atoms with Crippen molar-refractivity contribution in [2.75, 3.05) is 6.61 Å². The summed E-state index contributed by atoms with van der Waals surface area (Å²) in [6, 6.07) is 6.39. The van der Waals surface area contributed by atoms with Crippen LogP contribution in [-0.2, 0) is 4.74 Å². The van der Waals surface area contributed by atoms with Gasteiger partial charge in [-0.25, -0.2) is 4.39 Å². The highest BCUT2D eigenvalue weighted by Gasteiger charge is 2.31. The van der Waals surface area contributed by atoms with Crippen LogP contribution in [0, 0.1) is 5.82 Å². The molecule has 1 aromatic carbocycles. The average Bonchev–Trinajstić information content (AvgIpc) is 2.47. The lowest BCUT2D eigenvalue weighted by atomic mass is 10.1. The number of nitrogens with one attached hydrogen (secondary N) is 1. The molecule has 1 unspecified atom stereocenters. The van der Waals surface area contributed by atoms with Crippen LogP contribution in [0.4, 0.5) is 4.39 Å². The van der Waals surface area contributed by atoms with Gasteiger partial charge in [0, 0.05) is 5.54 Å². The van der Waals surface area contributed by atoms with Crippen molar-refractivity contribution in [3.8, 4) is 0 Å². The molecule has 0 bridgehead atoms. The van der Waals surface area contributed by atoms with Gasteiger partial charge in [0.25, 0.3) is 0 Å². The highest BCUT2D eigenvalue weighted by atomic mass is 19.1. The molecular formula is C11H14FNO. The summed E-state index contributed by atoms with van der Waals surface area (Å²) in [6.07, 6.45) is -0.106. The van der Waals surface area contributed by atoms with Crippen molar-refractivity contribution in [3.63, 3.8) is 0 Å². The maximum absolute atomic E-state index is 12.7. The lowest BCUT2D eigenvalue weighted by molar-refractivity contribution is 0.0988. The van der Waals surface area contributed by atoms with Crippen LogP contribution in [0.2, 0.25) is 0 Å². The first-order valence-electron chi connectivity index (χ1n) is 4.72. The lowest BCUT2D eigenvalue weighted by Gasteiger charge is -2.17. The van der Waals surface area contributed by atoms with E-state index in [0.29, 0.717) is 6.61 Å². The number of ether oxygens (including phenoxy) is 1. The summed E-state index contributed by atoms with van der Waals surface area (Å²) in [5.74, 6) is -0.217. The van der Waals surface area contributed by atoms with E-state index in [1.54, 1.807) is 12.1 Å². The summed E-state index contributed by atoms with van der Waals surface area (Å²) in [6.45, 7) is 4.84. The molecule has 1 aliphatic rings. The summed E-state index contributed by atoms with van der Waals surface area (Å²) in [5.41, 5.74) is 0.968. The van der Waals surface area contributed by atoms with Gasteiger partial charge in [-0.05, 0) is 31.5 Å². The van der Waals surface area contributed by atoms with E-state index in [4.69, 9.17) is 4.74 Å². The predicted molar refractivity (Wildman–Crippen MR) is 52.3 cm³/mol. The van der Waals surface area contributed by atoms with Crippen LogP contribution in [0.5, 0.6) is 0 Å². The van der Waals surface area contributed by atoms with Crippen LogP contribution < -0.4 is 5.32 Å². The Labute approximate surface area is 83.1 Å². The standard InChI is InChI=1S/C11H14FNO/c1-11(2)7-14-10(13-11)8-3-5-9(12)6-4-8/h3-6,10,13H,7H2,1-2H3. The van der Waals surface area contributed by atoms with Crippen LogP contribution in [0.15, 0.2) is 24.3 Å². The van der Waals surface area contributed by atoms with Gasteiger partial charge in [0.05, 0.1) is 6.61 Å². The van der Waals surface area contributed by atoms with Gasteiger partial charge >= 0.3 is 0 Å². The molecule has 1 saturated heterocycles. The van der Waals surface area contributed by atoms with Gasteiger partial charge in [-0.2, -0.15) is 0 Å². The maximum Gasteiger partial charge on any atom is 0.134 e. The first kappa shape index (κ1) is 9.62. The molecule has 14 heavy (non-hydrogen) atoms. The second-order valence-corrected chi connectivity index (χ2v) is 4.27. The lowest BCUT2D eigenvalue weighted by Crippen LogP contribution is -2.35. The summed E-state index contributed by atoms with van der Waals surface area (Å²) in [5, 5.41) is 3.32. The van der Waals surface area contributed by atoms with Crippen LogP contribution in [0.3, 0.4) is 0 Å². The minimum Gasteiger partial charge on any atom is -0.357 e. The van der Waals surface area contributed by atoms with Crippen LogP contribution >= 0.6 is 0 Å². The van der Waals surface area contributed by atoms with E-state index in [1.165, 1.54) is 12.1 Å². The fourth-order valence-corrected chi connectivity index (χ4v) is 1.55. The topological polar surface area (TPSA) is 21.3 Å². The quantitative estimate of drug-likeness (QED) is 0.742. The molecule has 1 N–H and O–H groups in total. The third-order valence-electron chi connectivity index (χ3n) is 2.31. The van der Waals surface area contributed by atoms with Crippen molar-refractivity contribution in [3.05, 3.63) is 35.6 Å². The largest absolute Gasteiger partial charge is 0.357 e. The van der Waals surface area contributed by atoms with E-state index >= 15 is 0 Å². The minimum absolute atomic E-state index is 0.000940. The summed E-state index contributed by atoms with van der Waals surface area (Å²) >= 11 is 0. The van der Waals surface area contributed by atoms with Crippen molar-refractivity contribution in [1.29, 1.82) is 0 Å². The van der Waals surface area contributed by atoms with Crippen molar-refractivity contribution in [2.45, 2.75) is 25.6 Å². The Kier molecular flexibility index (Phi) is 2.29. The van der Waals surface area contributed by atoms with Crippen molar-refractivity contribution in [1.82, 2.24) is 5.32 Å². The Balaban J connectivity index is 2.14.